The van der Waals surface area contributed by atoms with Crippen molar-refractivity contribution in [2.24, 2.45) is 0 Å². The third kappa shape index (κ3) is 5.14. The molecule has 14 heteroatoms. The van der Waals surface area contributed by atoms with Gasteiger partial charge in [0.15, 0.2) is 0 Å². The van der Waals surface area contributed by atoms with Crippen LogP contribution in [-0.2, 0) is 40.9 Å². The van der Waals surface area contributed by atoms with Crippen LogP contribution < -0.4 is 4.31 Å². The Morgan fingerprint density at radius 2 is 1.69 bits per heavy atom. The summed E-state index contributed by atoms with van der Waals surface area (Å²) in [6.07, 6.45) is 1.17. The Kier molecular flexibility index (Phi) is 7.36. The summed E-state index contributed by atoms with van der Waals surface area (Å²) in [7, 11) is -10.2. The number of anilines is 1. The van der Waals surface area contributed by atoms with Crippen molar-refractivity contribution in [3.8, 4) is 0 Å². The minimum atomic E-state index is -6.15. The SMILES string of the molecule is Cc1ccc(S(=O)(=O)N2CCc3cc4c(cc32)C(OS(=O)(=O)C(F)(F)F)=C[C@]4(CO)COC(=O)c2ccccc2)cc1. The number of aliphatic hydroxyl groups is 1. The molecule has 0 fully saturated rings. The number of hydrogen-bond donors (Lipinski definition) is 1. The molecule has 5 rings (SSSR count). The lowest BCUT2D eigenvalue weighted by Gasteiger charge is -2.27. The smallest absolute Gasteiger partial charge is 0.461 e. The number of alkyl halides is 3. The Morgan fingerprint density at radius 1 is 1.02 bits per heavy atom. The minimum absolute atomic E-state index is 0.00427. The lowest BCUT2D eigenvalue weighted by molar-refractivity contribution is -0.0509. The van der Waals surface area contributed by atoms with Crippen LogP contribution in [0, 0.1) is 6.92 Å². The number of rotatable bonds is 8. The fourth-order valence-corrected chi connectivity index (χ4v) is 6.86. The van der Waals surface area contributed by atoms with Crippen molar-refractivity contribution >= 4 is 37.6 Å². The zero-order valence-electron chi connectivity index (χ0n) is 22.0. The first-order valence-electron chi connectivity index (χ1n) is 12.5. The highest BCUT2D eigenvalue weighted by molar-refractivity contribution is 7.92. The van der Waals surface area contributed by atoms with E-state index in [1.54, 1.807) is 37.3 Å². The number of carbonyl (C=O) groups is 1. The number of carbonyl (C=O) groups excluding carboxylic acids is 1. The molecule has 0 unspecified atom stereocenters. The molecule has 0 spiro atoms. The van der Waals surface area contributed by atoms with Crippen LogP contribution in [0.1, 0.15) is 32.6 Å². The molecule has 0 saturated heterocycles. The Balaban J connectivity index is 1.59. The zero-order valence-corrected chi connectivity index (χ0v) is 23.6. The van der Waals surface area contributed by atoms with E-state index in [9.17, 15) is 39.9 Å². The van der Waals surface area contributed by atoms with Crippen molar-refractivity contribution in [2.75, 3.05) is 24.1 Å². The van der Waals surface area contributed by atoms with Gasteiger partial charge in [-0.1, -0.05) is 42.0 Å². The molecular formula is C28H24F3NO8S2. The van der Waals surface area contributed by atoms with Gasteiger partial charge in [-0.15, -0.1) is 0 Å². The van der Waals surface area contributed by atoms with Gasteiger partial charge in [-0.05, 0) is 60.9 Å². The van der Waals surface area contributed by atoms with Crippen LogP contribution in [0.4, 0.5) is 18.9 Å². The number of ether oxygens (including phenoxy) is 1. The standard InChI is InChI=1S/C28H24F3NO8S2/c1-18-7-9-21(10-8-18)41(35,36)32-12-11-20-13-23-22(14-24(20)32)25(40-42(37,38)28(29,30)31)15-27(23,16-33)17-39-26(34)19-5-3-2-4-6-19/h2-10,13-15,33H,11-12,16-17H2,1H3/t27-/m0/s1. The maximum atomic E-state index is 13.5. The number of benzene rings is 3. The molecule has 0 aromatic heterocycles. The number of sulfonamides is 1. The number of aliphatic hydroxyl groups excluding tert-OH is 1. The van der Waals surface area contributed by atoms with Gasteiger partial charge in [0, 0.05) is 12.1 Å². The van der Waals surface area contributed by atoms with Crippen molar-refractivity contribution in [2.45, 2.75) is 29.2 Å². The topological polar surface area (TPSA) is 127 Å². The maximum Gasteiger partial charge on any atom is 0.534 e. The van der Waals surface area contributed by atoms with Gasteiger partial charge in [-0.25, -0.2) is 13.2 Å². The first kappa shape index (κ1) is 29.6. The molecule has 0 saturated carbocycles. The molecule has 0 bridgehead atoms. The average molecular weight is 624 g/mol. The first-order valence-corrected chi connectivity index (χ1v) is 15.4. The van der Waals surface area contributed by atoms with Gasteiger partial charge < -0.3 is 14.0 Å². The van der Waals surface area contributed by atoms with E-state index in [0.29, 0.717) is 5.56 Å². The molecule has 1 N–H and O–H groups in total. The predicted molar refractivity (Wildman–Crippen MR) is 145 cm³/mol. The average Bonchev–Trinajstić information content (AvgIpc) is 3.50. The Bertz CT molecular complexity index is 1790. The number of hydrogen-bond acceptors (Lipinski definition) is 8. The normalized spacial score (nSPS) is 18.3. The summed E-state index contributed by atoms with van der Waals surface area (Å²) in [5, 5.41) is 10.5. The van der Waals surface area contributed by atoms with Crippen LogP contribution in [0.15, 0.2) is 77.7 Å². The van der Waals surface area contributed by atoms with E-state index in [4.69, 9.17) is 4.74 Å². The molecule has 3 aromatic carbocycles. The van der Waals surface area contributed by atoms with E-state index < -0.39 is 56.0 Å². The lowest BCUT2D eigenvalue weighted by atomic mass is 9.83. The second-order valence-corrected chi connectivity index (χ2v) is 13.3. The summed E-state index contributed by atoms with van der Waals surface area (Å²) in [5.41, 5.74) is -5.93. The van der Waals surface area contributed by atoms with Gasteiger partial charge in [-0.3, -0.25) is 4.31 Å². The number of fused-ring (bicyclic) bond motifs is 2. The summed E-state index contributed by atoms with van der Waals surface area (Å²) < 4.78 is 102. The molecule has 1 aliphatic heterocycles. The van der Waals surface area contributed by atoms with Crippen molar-refractivity contribution in [1.82, 2.24) is 0 Å². The first-order chi connectivity index (χ1) is 19.7. The third-order valence-corrected chi connectivity index (χ3v) is 9.92. The van der Waals surface area contributed by atoms with E-state index in [2.05, 4.69) is 4.18 Å². The molecule has 0 radical (unpaired) electrons. The van der Waals surface area contributed by atoms with E-state index in [0.717, 1.165) is 15.9 Å². The number of halogens is 3. The van der Waals surface area contributed by atoms with Crippen molar-refractivity contribution < 1.29 is 48.8 Å². The van der Waals surface area contributed by atoms with Gasteiger partial charge in [0.25, 0.3) is 10.0 Å². The van der Waals surface area contributed by atoms with Crippen LogP contribution >= 0.6 is 0 Å². The van der Waals surface area contributed by atoms with Gasteiger partial charge in [0.1, 0.15) is 12.4 Å². The molecule has 3 aromatic rings. The zero-order chi connectivity index (χ0) is 30.5. The fraction of sp³-hybridized carbons (Fsp3) is 0.250. The van der Waals surface area contributed by atoms with E-state index >= 15 is 0 Å². The quantitative estimate of drug-likeness (QED) is 0.226. The van der Waals surface area contributed by atoms with Crippen molar-refractivity contribution in [3.63, 3.8) is 0 Å². The summed E-state index contributed by atoms with van der Waals surface area (Å²) in [5.74, 6) is -1.57. The Labute approximate surface area is 240 Å². The van der Waals surface area contributed by atoms with Crippen LogP contribution in [0.2, 0.25) is 0 Å². The predicted octanol–water partition coefficient (Wildman–Crippen LogP) is 4.05. The van der Waals surface area contributed by atoms with Gasteiger partial charge in [0.2, 0.25) is 0 Å². The molecule has 0 amide bonds. The summed E-state index contributed by atoms with van der Waals surface area (Å²) in [6.45, 7) is 0.418. The summed E-state index contributed by atoms with van der Waals surface area (Å²) in [6, 6.07) is 16.6. The second-order valence-electron chi connectivity index (χ2n) is 9.91. The highest BCUT2D eigenvalue weighted by Gasteiger charge is 2.51. The Morgan fingerprint density at radius 3 is 2.31 bits per heavy atom. The Hall–Kier alpha value is -3.88. The minimum Gasteiger partial charge on any atom is -0.461 e. The molecule has 42 heavy (non-hydrogen) atoms. The van der Waals surface area contributed by atoms with Crippen LogP contribution in [0.3, 0.4) is 0 Å². The monoisotopic (exact) mass is 623 g/mol. The van der Waals surface area contributed by atoms with E-state index in [1.165, 1.54) is 36.4 Å². The number of esters is 1. The van der Waals surface area contributed by atoms with E-state index in [1.807, 2.05) is 0 Å². The maximum absolute atomic E-state index is 13.5. The van der Waals surface area contributed by atoms with Crippen molar-refractivity contribution in [1.29, 1.82) is 0 Å². The van der Waals surface area contributed by atoms with E-state index in [-0.39, 0.29) is 40.2 Å². The molecule has 222 valence electrons. The highest BCUT2D eigenvalue weighted by atomic mass is 32.2. The van der Waals surface area contributed by atoms with Crippen LogP contribution in [0.25, 0.3) is 5.76 Å². The molecule has 1 aliphatic carbocycles. The van der Waals surface area contributed by atoms with Gasteiger partial charge in [-0.2, -0.15) is 21.6 Å². The lowest BCUT2D eigenvalue weighted by Crippen LogP contribution is -2.34. The molecule has 1 atom stereocenters. The number of aryl methyl sites for hydroxylation is 1. The fourth-order valence-electron chi connectivity index (χ4n) is 4.90. The number of nitrogens with zero attached hydrogens (tertiary/aromatic N) is 1. The third-order valence-electron chi connectivity index (χ3n) is 7.13. The molecule has 2 aliphatic rings. The summed E-state index contributed by atoms with van der Waals surface area (Å²) >= 11 is 0. The largest absolute Gasteiger partial charge is 0.534 e. The van der Waals surface area contributed by atoms with Crippen LogP contribution in [-0.4, -0.2) is 53.2 Å². The van der Waals surface area contributed by atoms with Crippen LogP contribution in [0.5, 0.6) is 0 Å². The molecule has 1 heterocycles. The molecular weight excluding hydrogens is 599 g/mol. The van der Waals surface area contributed by atoms with Crippen molar-refractivity contribution in [3.05, 3.63) is 101 Å². The second kappa shape index (κ2) is 10.4. The van der Waals surface area contributed by atoms with Gasteiger partial charge in [0.05, 0.1) is 28.2 Å². The highest BCUT2D eigenvalue weighted by Crippen LogP contribution is 2.47. The molecule has 9 nitrogen and oxygen atoms in total. The summed E-state index contributed by atoms with van der Waals surface area (Å²) in [4.78, 5) is 12.6. The van der Waals surface area contributed by atoms with Gasteiger partial charge >= 0.3 is 21.6 Å².